The van der Waals surface area contributed by atoms with Crippen LogP contribution in [-0.4, -0.2) is 65.3 Å². The van der Waals surface area contributed by atoms with Crippen molar-refractivity contribution in [3.8, 4) is 0 Å². The van der Waals surface area contributed by atoms with E-state index in [0.29, 0.717) is 28.3 Å². The molecule has 4 aromatic carbocycles. The van der Waals surface area contributed by atoms with Crippen molar-refractivity contribution in [1.29, 1.82) is 0 Å². The lowest BCUT2D eigenvalue weighted by Gasteiger charge is -2.26. The van der Waals surface area contributed by atoms with E-state index < -0.39 is 54.3 Å². The van der Waals surface area contributed by atoms with Crippen LogP contribution in [0.2, 0.25) is 10.0 Å². The zero-order valence-electron chi connectivity index (χ0n) is 30.1. The number of anilines is 1. The molecule has 0 saturated carbocycles. The fourth-order valence-corrected chi connectivity index (χ4v) is 6.07. The minimum atomic E-state index is -1.31. The Morgan fingerprint density at radius 3 is 1.84 bits per heavy atom. The molecule has 0 radical (unpaired) electrons. The molecule has 12 nitrogen and oxygen atoms in total. The number of carbonyl (C=O) groups excluding carboxylic acids is 5. The Kier molecular flexibility index (Phi) is 16.2. The minimum Gasteiger partial charge on any atom is -0.480 e. The maximum atomic E-state index is 14.1. The van der Waals surface area contributed by atoms with Gasteiger partial charge in [-0.1, -0.05) is 108 Å². The van der Waals surface area contributed by atoms with Gasteiger partial charge in [0.25, 0.3) is 0 Å². The van der Waals surface area contributed by atoms with E-state index in [1.54, 1.807) is 54.6 Å². The first kappa shape index (κ1) is 42.0. The zero-order chi connectivity index (χ0) is 39.7. The Balaban J connectivity index is 1.54. The van der Waals surface area contributed by atoms with Crippen molar-refractivity contribution < 1.29 is 33.9 Å². The first-order chi connectivity index (χ1) is 26.4. The van der Waals surface area contributed by atoms with Gasteiger partial charge in [-0.3, -0.25) is 28.8 Å². The molecule has 288 valence electrons. The lowest BCUT2D eigenvalue weighted by molar-refractivity contribution is -0.138. The molecule has 4 aromatic rings. The highest BCUT2D eigenvalue weighted by molar-refractivity contribution is 6.35. The van der Waals surface area contributed by atoms with Gasteiger partial charge in [0, 0.05) is 41.4 Å². The van der Waals surface area contributed by atoms with Gasteiger partial charge >= 0.3 is 5.97 Å². The predicted octanol–water partition coefficient (Wildman–Crippen LogP) is 4.79. The predicted molar refractivity (Wildman–Crippen MR) is 211 cm³/mol. The summed E-state index contributed by atoms with van der Waals surface area (Å²) >= 11 is 12.6. The fraction of sp³-hybridized carbons (Fsp3) is 0.268. The van der Waals surface area contributed by atoms with Crippen LogP contribution in [0.25, 0.3) is 0 Å². The Morgan fingerprint density at radius 1 is 0.636 bits per heavy atom. The van der Waals surface area contributed by atoms with Gasteiger partial charge in [0.2, 0.25) is 29.5 Å². The van der Waals surface area contributed by atoms with Crippen molar-refractivity contribution in [3.63, 3.8) is 0 Å². The van der Waals surface area contributed by atoms with Gasteiger partial charge < -0.3 is 31.7 Å². The Bertz CT molecular complexity index is 1950. The molecular weight excluding hydrogens is 745 g/mol. The Morgan fingerprint density at radius 2 is 1.22 bits per heavy atom. The molecule has 0 fully saturated rings. The highest BCUT2D eigenvalue weighted by Crippen LogP contribution is 2.22. The van der Waals surface area contributed by atoms with E-state index >= 15 is 0 Å². The number of carboxylic acids is 1. The van der Waals surface area contributed by atoms with Crippen LogP contribution in [0.15, 0.2) is 103 Å². The number of halogens is 2. The number of carbonyl (C=O) groups is 6. The lowest BCUT2D eigenvalue weighted by atomic mass is 10.0. The van der Waals surface area contributed by atoms with Crippen LogP contribution in [0.4, 0.5) is 5.69 Å². The summed E-state index contributed by atoms with van der Waals surface area (Å²) in [5.74, 6) is -4.38. The van der Waals surface area contributed by atoms with E-state index in [2.05, 4.69) is 26.6 Å². The first-order valence-electron chi connectivity index (χ1n) is 17.6. The SMILES string of the molecule is Cc1ccc(NC(=O)CCC(=O)N[C@H](CCc2ccccc2)C(=O)N[C@@H](Cc2ccc(Cl)cc2Cl)C(=O)N[C@H](Cc2ccccc2)C(=O)NCC(=O)O)cc1. The molecule has 0 bridgehead atoms. The lowest BCUT2D eigenvalue weighted by Crippen LogP contribution is -2.58. The first-order valence-corrected chi connectivity index (χ1v) is 18.4. The van der Waals surface area contributed by atoms with Crippen molar-refractivity contribution in [1.82, 2.24) is 21.3 Å². The molecule has 0 unspecified atom stereocenters. The van der Waals surface area contributed by atoms with Crippen LogP contribution in [0.5, 0.6) is 0 Å². The molecule has 4 rings (SSSR count). The van der Waals surface area contributed by atoms with Crippen LogP contribution in [0, 0.1) is 6.92 Å². The van der Waals surface area contributed by atoms with Crippen molar-refractivity contribution in [2.24, 2.45) is 0 Å². The zero-order valence-corrected chi connectivity index (χ0v) is 31.7. The molecule has 0 aromatic heterocycles. The molecule has 5 amide bonds. The van der Waals surface area contributed by atoms with E-state index in [9.17, 15) is 28.8 Å². The van der Waals surface area contributed by atoms with Crippen LogP contribution in [0.1, 0.15) is 41.5 Å². The third-order valence-corrected chi connectivity index (χ3v) is 9.12. The third-order valence-electron chi connectivity index (χ3n) is 8.53. The topological polar surface area (TPSA) is 183 Å². The number of nitrogens with one attached hydrogen (secondary N) is 5. The molecule has 14 heteroatoms. The molecule has 0 saturated heterocycles. The normalized spacial score (nSPS) is 12.3. The number of aliphatic carboxylic acids is 1. The number of aryl methyl sites for hydroxylation is 2. The summed E-state index contributed by atoms with van der Waals surface area (Å²) in [6, 6.07) is 26.4. The summed E-state index contributed by atoms with van der Waals surface area (Å²) in [4.78, 5) is 78.3. The van der Waals surface area contributed by atoms with Crippen molar-refractivity contribution in [3.05, 3.63) is 135 Å². The monoisotopic (exact) mass is 787 g/mol. The van der Waals surface area contributed by atoms with Crippen LogP contribution in [0.3, 0.4) is 0 Å². The number of carboxylic acid groups (broad SMARTS) is 1. The number of hydrogen-bond donors (Lipinski definition) is 6. The van der Waals surface area contributed by atoms with Crippen LogP contribution >= 0.6 is 23.2 Å². The second-order valence-corrected chi connectivity index (χ2v) is 13.8. The molecule has 0 aliphatic heterocycles. The van der Waals surface area contributed by atoms with E-state index in [1.165, 1.54) is 6.07 Å². The second kappa shape index (κ2) is 21.2. The summed E-state index contributed by atoms with van der Waals surface area (Å²) in [6.07, 6.45) is 0.106. The third kappa shape index (κ3) is 14.6. The molecular formula is C41H43Cl2N5O7. The molecule has 55 heavy (non-hydrogen) atoms. The summed E-state index contributed by atoms with van der Waals surface area (Å²) in [6.45, 7) is 1.25. The maximum absolute atomic E-state index is 14.1. The molecule has 0 heterocycles. The van der Waals surface area contributed by atoms with Crippen LogP contribution in [-0.2, 0) is 48.0 Å². The summed E-state index contributed by atoms with van der Waals surface area (Å²) < 4.78 is 0. The molecule has 6 N–H and O–H groups in total. The fourth-order valence-electron chi connectivity index (χ4n) is 5.58. The summed E-state index contributed by atoms with van der Waals surface area (Å²) in [5.41, 5.74) is 3.68. The number of rotatable bonds is 19. The molecule has 0 aliphatic rings. The van der Waals surface area contributed by atoms with Gasteiger partial charge in [0.15, 0.2) is 0 Å². The van der Waals surface area contributed by atoms with Gasteiger partial charge in [-0.05, 0) is 60.7 Å². The quantitative estimate of drug-likeness (QED) is 0.0790. The van der Waals surface area contributed by atoms with E-state index in [1.807, 2.05) is 49.4 Å². The average Bonchev–Trinajstić information content (AvgIpc) is 3.16. The minimum absolute atomic E-state index is 0.0215. The number of hydrogen-bond acceptors (Lipinski definition) is 6. The summed E-state index contributed by atoms with van der Waals surface area (Å²) in [7, 11) is 0. The van der Waals surface area contributed by atoms with Crippen LogP contribution < -0.4 is 26.6 Å². The smallest absolute Gasteiger partial charge is 0.322 e. The number of benzene rings is 4. The molecule has 0 aliphatic carbocycles. The molecule has 3 atom stereocenters. The second-order valence-electron chi connectivity index (χ2n) is 12.9. The van der Waals surface area contributed by atoms with E-state index in [-0.39, 0.29) is 43.0 Å². The number of amides is 5. The highest BCUT2D eigenvalue weighted by Gasteiger charge is 2.31. The Hall–Kier alpha value is -5.72. The largest absolute Gasteiger partial charge is 0.480 e. The van der Waals surface area contributed by atoms with E-state index in [0.717, 1.165) is 11.1 Å². The van der Waals surface area contributed by atoms with Gasteiger partial charge in [0.1, 0.15) is 24.7 Å². The van der Waals surface area contributed by atoms with Gasteiger partial charge in [0.05, 0.1) is 0 Å². The standard InChI is InChI=1S/C41H43Cl2N5O7/c1-26-12-17-31(18-13-26)45-36(49)20-21-37(50)46-33(19-14-27-8-4-2-5-9-27)40(54)48-35(23-29-15-16-30(42)24-32(29)43)41(55)47-34(39(53)44-25-38(51)52)22-28-10-6-3-7-11-28/h2-13,15-18,24,33-35H,14,19-23,25H2,1H3,(H,44,53)(H,45,49)(H,46,50)(H,47,55)(H,48,54)(H,51,52)/t33-,34-,35+/m1/s1. The van der Waals surface area contributed by atoms with Gasteiger partial charge in [-0.15, -0.1) is 0 Å². The molecule has 0 spiro atoms. The van der Waals surface area contributed by atoms with E-state index in [4.69, 9.17) is 28.3 Å². The van der Waals surface area contributed by atoms with Crippen molar-refractivity contribution in [2.75, 3.05) is 11.9 Å². The summed E-state index contributed by atoms with van der Waals surface area (Å²) in [5, 5.41) is 23.0. The maximum Gasteiger partial charge on any atom is 0.322 e. The highest BCUT2D eigenvalue weighted by atomic mass is 35.5. The van der Waals surface area contributed by atoms with Crippen molar-refractivity contribution >= 4 is 64.4 Å². The Labute approximate surface area is 329 Å². The van der Waals surface area contributed by atoms with Crippen molar-refractivity contribution in [2.45, 2.75) is 63.6 Å². The average molecular weight is 789 g/mol. The van der Waals surface area contributed by atoms with Gasteiger partial charge in [-0.25, -0.2) is 0 Å². The van der Waals surface area contributed by atoms with Gasteiger partial charge in [-0.2, -0.15) is 0 Å².